The van der Waals surface area contributed by atoms with Crippen LogP contribution in [0, 0.1) is 0 Å². The maximum absolute atomic E-state index is 11.1. The third-order valence-electron chi connectivity index (χ3n) is 1.20. The molecule has 0 aromatic heterocycles. The predicted octanol–water partition coefficient (Wildman–Crippen LogP) is -1.08. The highest BCUT2D eigenvalue weighted by Crippen LogP contribution is 2.16. The maximum Gasteiger partial charge on any atom is 0.265 e. The van der Waals surface area contributed by atoms with Gasteiger partial charge in [-0.1, -0.05) is 6.58 Å². The molecule has 0 aliphatic heterocycles. The fourth-order valence-electron chi connectivity index (χ4n) is 0.883. The Balaban J connectivity index is 6.03. The van der Waals surface area contributed by atoms with E-state index in [1.54, 1.807) is 0 Å². The van der Waals surface area contributed by atoms with Crippen LogP contribution in [0.5, 0.6) is 0 Å². The molecule has 0 heterocycles. The second-order valence-electron chi connectivity index (χ2n) is 2.70. The Bertz CT molecular complexity index is 488. The van der Waals surface area contributed by atoms with Crippen LogP contribution in [-0.4, -0.2) is 41.7 Å². The monoisotopic (exact) mass is 262 g/mol. The average molecular weight is 262 g/mol. The molecule has 0 aromatic carbocycles. The van der Waals surface area contributed by atoms with Crippen LogP contribution in [-0.2, 0) is 29.5 Å². The molecular formula is C5H10O6S3. The SMILES string of the molecule is C=CS(=O)(=O)C(S(C)(=O)=O)S(C)(=O)=O. The summed E-state index contributed by atoms with van der Waals surface area (Å²) in [6, 6.07) is 0. The molecule has 0 spiro atoms. The van der Waals surface area contributed by atoms with E-state index in [1.165, 1.54) is 0 Å². The van der Waals surface area contributed by atoms with Crippen LogP contribution in [0.4, 0.5) is 0 Å². The largest absolute Gasteiger partial charge is 0.265 e. The second-order valence-corrected chi connectivity index (χ2v) is 9.84. The molecule has 0 atom stereocenters. The molecule has 0 amide bonds. The predicted molar refractivity (Wildman–Crippen MR) is 52.6 cm³/mol. The summed E-state index contributed by atoms with van der Waals surface area (Å²) in [4.78, 5) is 0. The molecule has 0 unspecified atom stereocenters. The lowest BCUT2D eigenvalue weighted by atomic mass is 11.3. The van der Waals surface area contributed by atoms with Gasteiger partial charge in [-0.3, -0.25) is 0 Å². The van der Waals surface area contributed by atoms with Crippen molar-refractivity contribution in [3.63, 3.8) is 0 Å². The minimum Gasteiger partial charge on any atom is -0.227 e. The van der Waals surface area contributed by atoms with Crippen LogP contribution in [0.1, 0.15) is 0 Å². The van der Waals surface area contributed by atoms with E-state index in [0.29, 0.717) is 17.9 Å². The Kier molecular flexibility index (Phi) is 3.52. The van der Waals surface area contributed by atoms with E-state index in [0.717, 1.165) is 0 Å². The number of hydrogen-bond acceptors (Lipinski definition) is 6. The van der Waals surface area contributed by atoms with Crippen molar-refractivity contribution in [3.8, 4) is 0 Å². The Morgan fingerprint density at radius 1 is 0.929 bits per heavy atom. The topological polar surface area (TPSA) is 102 Å². The summed E-state index contributed by atoms with van der Waals surface area (Å²) in [5.74, 6) is 0. The molecule has 0 saturated carbocycles. The van der Waals surface area contributed by atoms with Crippen LogP contribution in [0.25, 0.3) is 0 Å². The van der Waals surface area contributed by atoms with Crippen molar-refractivity contribution >= 4 is 29.5 Å². The third kappa shape index (κ3) is 3.07. The lowest BCUT2D eigenvalue weighted by Gasteiger charge is -2.10. The first-order valence-corrected chi connectivity index (χ1v) is 8.69. The lowest BCUT2D eigenvalue weighted by Crippen LogP contribution is -2.35. The molecule has 0 bridgehead atoms. The molecule has 84 valence electrons. The summed E-state index contributed by atoms with van der Waals surface area (Å²) >= 11 is 0. The smallest absolute Gasteiger partial charge is 0.227 e. The minimum absolute atomic E-state index is 0.319. The number of rotatable bonds is 4. The average Bonchev–Trinajstić information content (AvgIpc) is 1.79. The van der Waals surface area contributed by atoms with Gasteiger partial charge in [-0.15, -0.1) is 0 Å². The summed E-state index contributed by atoms with van der Waals surface area (Å²) in [5.41, 5.74) is 0. The van der Waals surface area contributed by atoms with Crippen molar-refractivity contribution in [1.82, 2.24) is 0 Å². The molecule has 0 fully saturated rings. The molecule has 6 nitrogen and oxygen atoms in total. The van der Waals surface area contributed by atoms with Gasteiger partial charge in [-0.25, -0.2) is 25.3 Å². The van der Waals surface area contributed by atoms with Gasteiger partial charge in [0.05, 0.1) is 0 Å². The Morgan fingerprint density at radius 3 is 1.29 bits per heavy atom. The van der Waals surface area contributed by atoms with Gasteiger partial charge in [0.25, 0.3) is 3.91 Å². The highest BCUT2D eigenvalue weighted by Gasteiger charge is 2.41. The second kappa shape index (κ2) is 3.63. The molecule has 0 rings (SSSR count). The molecule has 0 aliphatic carbocycles. The van der Waals surface area contributed by atoms with Crippen molar-refractivity contribution in [2.75, 3.05) is 12.5 Å². The van der Waals surface area contributed by atoms with Gasteiger partial charge < -0.3 is 0 Å². The molecular weight excluding hydrogens is 252 g/mol. The third-order valence-corrected chi connectivity index (χ3v) is 9.40. The molecule has 9 heteroatoms. The maximum atomic E-state index is 11.1. The van der Waals surface area contributed by atoms with E-state index < -0.39 is 33.4 Å². The van der Waals surface area contributed by atoms with Crippen LogP contribution >= 0.6 is 0 Å². The molecule has 0 aliphatic rings. The summed E-state index contributed by atoms with van der Waals surface area (Å²) in [6.07, 6.45) is 1.08. The van der Waals surface area contributed by atoms with Gasteiger partial charge in [-0.05, 0) is 0 Å². The van der Waals surface area contributed by atoms with Crippen LogP contribution in [0.3, 0.4) is 0 Å². The highest BCUT2D eigenvalue weighted by atomic mass is 32.3. The normalized spacial score (nSPS) is 14.2. The standard InChI is InChI=1S/C5H10O6S3/c1-4-14(10,11)5(12(2,6)7)13(3,8)9/h4-5H,1H2,2-3H3. The van der Waals surface area contributed by atoms with Crippen molar-refractivity contribution in [3.05, 3.63) is 12.0 Å². The van der Waals surface area contributed by atoms with E-state index in [1.807, 2.05) is 0 Å². The van der Waals surface area contributed by atoms with E-state index in [-0.39, 0.29) is 0 Å². The van der Waals surface area contributed by atoms with Crippen molar-refractivity contribution < 1.29 is 25.3 Å². The summed E-state index contributed by atoms with van der Waals surface area (Å²) in [5, 5.41) is 0.319. The molecule has 0 aromatic rings. The van der Waals surface area contributed by atoms with Gasteiger partial charge >= 0.3 is 0 Å². The van der Waals surface area contributed by atoms with E-state index >= 15 is 0 Å². The number of sulfone groups is 3. The van der Waals surface area contributed by atoms with Gasteiger partial charge in [0.1, 0.15) is 0 Å². The van der Waals surface area contributed by atoms with E-state index in [4.69, 9.17) is 0 Å². The van der Waals surface area contributed by atoms with E-state index in [9.17, 15) is 25.3 Å². The van der Waals surface area contributed by atoms with Crippen LogP contribution in [0.15, 0.2) is 12.0 Å². The van der Waals surface area contributed by atoms with Gasteiger partial charge in [-0.2, -0.15) is 0 Å². The first kappa shape index (κ1) is 13.6. The summed E-state index contributed by atoms with van der Waals surface area (Å²) in [6.45, 7) is 2.86. The van der Waals surface area contributed by atoms with Gasteiger partial charge in [0.2, 0.25) is 9.84 Å². The molecule has 0 radical (unpaired) electrons. The van der Waals surface area contributed by atoms with Gasteiger partial charge in [0.15, 0.2) is 19.7 Å². The summed E-state index contributed by atoms with van der Waals surface area (Å²) < 4.78 is 63.7. The first-order chi connectivity index (χ1) is 5.93. The first-order valence-electron chi connectivity index (χ1n) is 3.17. The van der Waals surface area contributed by atoms with Crippen molar-refractivity contribution in [1.29, 1.82) is 0 Å². The Hall–Kier alpha value is -0.410. The zero-order valence-electron chi connectivity index (χ0n) is 7.54. The minimum atomic E-state index is -4.39. The Labute approximate surface area is 83.4 Å². The Morgan fingerprint density at radius 2 is 1.21 bits per heavy atom. The van der Waals surface area contributed by atoms with Crippen LogP contribution in [0.2, 0.25) is 0 Å². The fraction of sp³-hybridized carbons (Fsp3) is 0.600. The quantitative estimate of drug-likeness (QED) is 0.638. The molecule has 0 saturated heterocycles. The van der Waals surface area contributed by atoms with Crippen molar-refractivity contribution in [2.24, 2.45) is 0 Å². The zero-order valence-corrected chi connectivity index (χ0v) is 9.99. The molecule has 0 N–H and O–H groups in total. The summed E-state index contributed by atoms with van der Waals surface area (Å²) in [7, 11) is -12.9. The van der Waals surface area contributed by atoms with Crippen LogP contribution < -0.4 is 0 Å². The fourth-order valence-corrected chi connectivity index (χ4v) is 7.95. The number of hydrogen-bond donors (Lipinski definition) is 0. The van der Waals surface area contributed by atoms with E-state index in [2.05, 4.69) is 6.58 Å². The van der Waals surface area contributed by atoms with Crippen molar-refractivity contribution in [2.45, 2.75) is 3.91 Å². The molecule has 14 heavy (non-hydrogen) atoms. The highest BCUT2D eigenvalue weighted by molar-refractivity contribution is 8.24. The van der Waals surface area contributed by atoms with Gasteiger partial charge in [0, 0.05) is 17.9 Å². The zero-order chi connectivity index (χ0) is 11.8. The lowest BCUT2D eigenvalue weighted by molar-refractivity contribution is 0.581.